The number of unbranched alkanes of at least 4 members (excludes halogenated alkanes) is 22. The van der Waals surface area contributed by atoms with Gasteiger partial charge < -0.3 is 33.8 Å². The second-order valence-electron chi connectivity index (χ2n) is 26.9. The maximum absolute atomic E-state index is 13.1. The molecule has 0 bridgehead atoms. The Morgan fingerprint density at radius 3 is 0.843 bits per heavy atom. The molecule has 108 heavy (non-hydrogen) atoms. The Balaban J connectivity index is 5.48. The van der Waals surface area contributed by atoms with Crippen molar-refractivity contribution >= 4 is 39.5 Å². The van der Waals surface area contributed by atoms with Crippen LogP contribution in [0.2, 0.25) is 0 Å². The van der Waals surface area contributed by atoms with Crippen molar-refractivity contribution < 1.29 is 80.2 Å². The molecule has 0 aliphatic heterocycles. The summed E-state index contributed by atoms with van der Waals surface area (Å²) in [6, 6.07) is 0. The van der Waals surface area contributed by atoms with Crippen molar-refractivity contribution in [2.24, 2.45) is 0 Å². The number of hydrogen-bond donors (Lipinski definition) is 3. The van der Waals surface area contributed by atoms with Gasteiger partial charge in [0.2, 0.25) is 0 Å². The molecule has 0 aliphatic rings. The van der Waals surface area contributed by atoms with Gasteiger partial charge in [-0.15, -0.1) is 0 Å². The first-order chi connectivity index (χ1) is 52.7. The van der Waals surface area contributed by atoms with E-state index in [1.54, 1.807) is 0 Å². The van der Waals surface area contributed by atoms with Crippen molar-refractivity contribution in [3.63, 3.8) is 0 Å². The maximum Gasteiger partial charge on any atom is 0.472 e. The van der Waals surface area contributed by atoms with Crippen molar-refractivity contribution in [1.29, 1.82) is 0 Å². The van der Waals surface area contributed by atoms with Crippen LogP contribution in [0.15, 0.2) is 170 Å². The third-order valence-corrected chi connectivity index (χ3v) is 18.6. The Hall–Kier alpha value is -5.58. The summed E-state index contributed by atoms with van der Waals surface area (Å²) >= 11 is 0. The molecule has 5 atom stereocenters. The average Bonchev–Trinajstić information content (AvgIpc) is 0.923. The van der Waals surface area contributed by atoms with Crippen LogP contribution in [0.25, 0.3) is 0 Å². The topological polar surface area (TPSA) is 237 Å². The fourth-order valence-corrected chi connectivity index (χ4v) is 12.0. The van der Waals surface area contributed by atoms with Gasteiger partial charge >= 0.3 is 39.5 Å². The molecule has 0 rings (SSSR count). The highest BCUT2D eigenvalue weighted by atomic mass is 31.2. The zero-order valence-electron chi connectivity index (χ0n) is 67.2. The third kappa shape index (κ3) is 78.5. The van der Waals surface area contributed by atoms with E-state index in [0.29, 0.717) is 38.5 Å². The molecule has 17 nitrogen and oxygen atoms in total. The van der Waals surface area contributed by atoms with Crippen molar-refractivity contribution in [3.05, 3.63) is 170 Å². The molecule has 614 valence electrons. The van der Waals surface area contributed by atoms with Crippen LogP contribution in [-0.2, 0) is 65.4 Å². The van der Waals surface area contributed by atoms with E-state index in [1.165, 1.54) is 57.8 Å². The predicted molar refractivity (Wildman–Crippen MR) is 445 cm³/mol. The largest absolute Gasteiger partial charge is 0.472 e. The molecule has 0 heterocycles. The second-order valence-corrected chi connectivity index (χ2v) is 29.8. The molecule has 0 aliphatic carbocycles. The maximum atomic E-state index is 13.1. The lowest BCUT2D eigenvalue weighted by Gasteiger charge is -2.21. The normalized spacial score (nSPS) is 14.7. The number of phosphoric acid groups is 2. The first-order valence-corrected chi connectivity index (χ1v) is 44.4. The first kappa shape index (κ1) is 102. The summed E-state index contributed by atoms with van der Waals surface area (Å²) in [6.45, 7) is 4.46. The van der Waals surface area contributed by atoms with E-state index in [4.69, 9.17) is 37.0 Å². The van der Waals surface area contributed by atoms with Gasteiger partial charge in [-0.1, -0.05) is 288 Å². The van der Waals surface area contributed by atoms with E-state index in [1.807, 2.05) is 18.2 Å². The van der Waals surface area contributed by atoms with Gasteiger partial charge in [-0.2, -0.15) is 0 Å². The number of esters is 4. The first-order valence-electron chi connectivity index (χ1n) is 41.4. The molecule has 0 saturated carbocycles. The lowest BCUT2D eigenvalue weighted by Crippen LogP contribution is -2.30. The van der Waals surface area contributed by atoms with Gasteiger partial charge in [-0.05, 0) is 167 Å². The molecule has 0 saturated heterocycles. The predicted octanol–water partition coefficient (Wildman–Crippen LogP) is 24.6. The molecule has 0 aromatic carbocycles. The summed E-state index contributed by atoms with van der Waals surface area (Å²) in [5, 5.41) is 10.7. The molecule has 19 heteroatoms. The fourth-order valence-electron chi connectivity index (χ4n) is 10.4. The van der Waals surface area contributed by atoms with Gasteiger partial charge in [-0.3, -0.25) is 37.3 Å². The van der Waals surface area contributed by atoms with Crippen molar-refractivity contribution in [1.82, 2.24) is 0 Å². The highest BCUT2D eigenvalue weighted by Gasteiger charge is 2.30. The van der Waals surface area contributed by atoms with Crippen LogP contribution < -0.4 is 0 Å². The Bertz CT molecular complexity index is 2710. The summed E-state index contributed by atoms with van der Waals surface area (Å²) in [4.78, 5) is 73.1. The zero-order chi connectivity index (χ0) is 78.9. The number of carbonyl (C=O) groups excluding carboxylic acids is 4. The summed E-state index contributed by atoms with van der Waals surface area (Å²) in [6.07, 6.45) is 94.9. The standard InChI is InChI=1S/C89H146O17P2/c1-5-9-13-17-21-25-29-33-37-39-41-43-47-49-53-57-61-65-69-73-86(91)99-79-84(105-88(93)75-71-67-63-59-55-51-45-35-31-27-23-19-15-11-7-3)81-103-107(95,96)101-77-83(90)78-102-108(97,98)104-82-85(106-89(94)76-72-68-64-60-56-52-46-36-32-28-24-20-16-12-8-4)80-100-87(92)74-70-66-62-58-54-50-48-44-42-40-38-34-30-26-22-18-14-10-6-2/h9,12-13,16,21-22,24-26,28,33-38,41-46,49,53,56,60-61,65,83-85,90H,5-8,10-11,14-15,17-20,23,27,29-32,39-40,47-48,50-52,54-55,57-59,62-64,66-82H2,1-4H3,(H,95,96)(H,97,98)/b13-9-,16-12-,25-21-,26-22-,28-24-,37-33-,38-34-,43-41-,44-42-,45-35-,46-36-,53-49-,60-56-,65-61-. The van der Waals surface area contributed by atoms with Crippen LogP contribution in [0.5, 0.6) is 0 Å². The van der Waals surface area contributed by atoms with Crippen LogP contribution in [0, 0.1) is 0 Å². The summed E-state index contributed by atoms with van der Waals surface area (Å²) in [5.41, 5.74) is 0. The van der Waals surface area contributed by atoms with E-state index in [0.717, 1.165) is 161 Å². The van der Waals surface area contributed by atoms with E-state index in [-0.39, 0.29) is 25.7 Å². The van der Waals surface area contributed by atoms with Crippen molar-refractivity contribution in [2.75, 3.05) is 39.6 Å². The quantitative estimate of drug-likeness (QED) is 0.0169. The molecule has 5 unspecified atom stereocenters. The molecule has 0 amide bonds. The zero-order valence-corrected chi connectivity index (χ0v) is 69.0. The highest BCUT2D eigenvalue weighted by Crippen LogP contribution is 2.45. The van der Waals surface area contributed by atoms with Gasteiger partial charge in [0.1, 0.15) is 19.3 Å². The minimum atomic E-state index is -5.01. The SMILES string of the molecule is CC/C=C\C/C=C\C/C=C\C/C=C\C/C=C\C/C=C\CCC(=O)OCC(COP(=O)(O)OCC(O)COP(=O)(O)OCC(COC(=O)CCCCCCCC/C=C\C/C=C\C/C=C\CCCCC)OC(=O)CCCC/C=C\C/C=C\C/C=C\C/C=C\CC)OC(=O)CCCCCCC/C=C\CCCCCCCC. The number of aliphatic hydroxyl groups is 1. The van der Waals surface area contributed by atoms with Gasteiger partial charge in [0, 0.05) is 25.7 Å². The minimum Gasteiger partial charge on any atom is -0.462 e. The number of hydrogen-bond acceptors (Lipinski definition) is 15. The monoisotopic (exact) mass is 1550 g/mol. The molecule has 0 spiro atoms. The van der Waals surface area contributed by atoms with Crippen LogP contribution >= 0.6 is 15.6 Å². The summed E-state index contributed by atoms with van der Waals surface area (Å²) < 4.78 is 68.6. The van der Waals surface area contributed by atoms with Crippen molar-refractivity contribution in [3.8, 4) is 0 Å². The molecule has 0 aromatic rings. The lowest BCUT2D eigenvalue weighted by molar-refractivity contribution is -0.161. The Morgan fingerprint density at radius 2 is 0.500 bits per heavy atom. The summed E-state index contributed by atoms with van der Waals surface area (Å²) in [5.74, 6) is -2.35. The van der Waals surface area contributed by atoms with E-state index >= 15 is 0 Å². The van der Waals surface area contributed by atoms with Crippen LogP contribution in [0.4, 0.5) is 0 Å². The molecule has 0 aromatic heterocycles. The molecule has 0 radical (unpaired) electrons. The average molecular weight is 1550 g/mol. The number of ether oxygens (including phenoxy) is 4. The highest BCUT2D eigenvalue weighted by molar-refractivity contribution is 7.47. The molecule has 3 N–H and O–H groups in total. The molecular formula is C89H146O17P2. The van der Waals surface area contributed by atoms with E-state index < -0.39 is 97.5 Å². The number of rotatable bonds is 76. The van der Waals surface area contributed by atoms with Crippen molar-refractivity contribution in [2.45, 2.75) is 329 Å². The Morgan fingerprint density at radius 1 is 0.269 bits per heavy atom. The van der Waals surface area contributed by atoms with Gasteiger partial charge in [-0.25, -0.2) is 9.13 Å². The second kappa shape index (κ2) is 79.5. The Labute approximate surface area is 654 Å². The van der Waals surface area contributed by atoms with Crippen LogP contribution in [0.1, 0.15) is 310 Å². The van der Waals surface area contributed by atoms with E-state index in [9.17, 15) is 43.2 Å². The molecule has 0 fully saturated rings. The fraction of sp³-hybridized carbons (Fsp3) is 0.640. The third-order valence-electron chi connectivity index (χ3n) is 16.7. The lowest BCUT2D eigenvalue weighted by atomic mass is 10.1. The van der Waals surface area contributed by atoms with Gasteiger partial charge in [0.25, 0.3) is 0 Å². The number of phosphoric ester groups is 2. The van der Waals surface area contributed by atoms with E-state index in [2.05, 4.69) is 180 Å². The van der Waals surface area contributed by atoms with Crippen LogP contribution in [0.3, 0.4) is 0 Å². The van der Waals surface area contributed by atoms with Crippen LogP contribution in [-0.4, -0.2) is 96.7 Å². The number of aliphatic hydroxyl groups excluding tert-OH is 1. The smallest absolute Gasteiger partial charge is 0.462 e. The Kier molecular flexibility index (Phi) is 75.4. The van der Waals surface area contributed by atoms with Gasteiger partial charge in [0.15, 0.2) is 12.2 Å². The molecular weight excluding hydrogens is 1400 g/mol. The van der Waals surface area contributed by atoms with Gasteiger partial charge in [0.05, 0.1) is 26.4 Å². The number of carbonyl (C=O) groups is 4. The minimum absolute atomic E-state index is 0.0286. The summed E-state index contributed by atoms with van der Waals surface area (Å²) in [7, 11) is -10.0. The number of allylic oxidation sites excluding steroid dienone is 28.